The molecule has 0 radical (unpaired) electrons. The fourth-order valence-corrected chi connectivity index (χ4v) is 3.90. The van der Waals surface area contributed by atoms with Crippen molar-refractivity contribution in [2.24, 2.45) is 5.92 Å². The van der Waals surface area contributed by atoms with E-state index in [4.69, 9.17) is 9.47 Å². The molecule has 23 heavy (non-hydrogen) atoms. The summed E-state index contributed by atoms with van der Waals surface area (Å²) in [5.74, 6) is 2.12. The van der Waals surface area contributed by atoms with Gasteiger partial charge in [0.05, 0.1) is 6.04 Å². The molecular weight excluding hydrogens is 290 g/mol. The Morgan fingerprint density at radius 2 is 1.96 bits per heavy atom. The Labute approximate surface area is 137 Å². The predicted octanol–water partition coefficient (Wildman–Crippen LogP) is 3.48. The topological polar surface area (TPSA) is 38.8 Å². The molecule has 122 valence electrons. The molecule has 0 bridgehead atoms. The van der Waals surface area contributed by atoms with Gasteiger partial charge in [-0.25, -0.2) is 0 Å². The van der Waals surface area contributed by atoms with Gasteiger partial charge in [-0.05, 0) is 49.8 Å². The second kappa shape index (κ2) is 6.26. The van der Waals surface area contributed by atoms with Gasteiger partial charge >= 0.3 is 0 Å². The minimum Gasteiger partial charge on any atom is -0.486 e. The van der Waals surface area contributed by atoms with Gasteiger partial charge in [-0.15, -0.1) is 0 Å². The minimum atomic E-state index is 0.165. The average Bonchev–Trinajstić information content (AvgIpc) is 3.11. The zero-order chi connectivity index (χ0) is 15.6. The molecule has 0 aromatic heterocycles. The van der Waals surface area contributed by atoms with E-state index < -0.39 is 0 Å². The first-order valence-corrected chi connectivity index (χ1v) is 8.68. The van der Waals surface area contributed by atoms with Crippen LogP contribution in [0.4, 0.5) is 0 Å². The number of carbonyl (C=O) groups is 1. The lowest BCUT2D eigenvalue weighted by atomic mass is 9.92. The number of nitrogens with zero attached hydrogens (tertiary/aromatic N) is 1. The van der Waals surface area contributed by atoms with Crippen LogP contribution in [-0.2, 0) is 4.79 Å². The van der Waals surface area contributed by atoms with E-state index in [1.54, 1.807) is 0 Å². The molecule has 1 amide bonds. The molecule has 2 aliphatic heterocycles. The summed E-state index contributed by atoms with van der Waals surface area (Å²) < 4.78 is 11.3. The van der Waals surface area contributed by atoms with E-state index in [1.807, 2.05) is 6.07 Å². The molecule has 1 aromatic carbocycles. The minimum absolute atomic E-state index is 0.165. The fraction of sp³-hybridized carbons (Fsp3) is 0.526. The molecule has 0 spiro atoms. The number of hydrogen-bond donors (Lipinski definition) is 0. The summed E-state index contributed by atoms with van der Waals surface area (Å²) in [5, 5.41) is 0. The number of hydrogen-bond acceptors (Lipinski definition) is 3. The van der Waals surface area contributed by atoms with Crippen molar-refractivity contribution < 1.29 is 14.3 Å². The monoisotopic (exact) mass is 313 g/mol. The Morgan fingerprint density at radius 3 is 2.78 bits per heavy atom. The number of fused-ring (bicyclic) bond motifs is 1. The Bertz CT molecular complexity index is 625. The van der Waals surface area contributed by atoms with E-state index in [2.05, 4.69) is 29.2 Å². The number of likely N-dealkylation sites (tertiary alicyclic amines) is 1. The third kappa shape index (κ3) is 2.82. The third-order valence-electron chi connectivity index (χ3n) is 5.11. The van der Waals surface area contributed by atoms with Gasteiger partial charge in [-0.3, -0.25) is 4.79 Å². The molecular formula is C19H23NO3. The number of ether oxygens (including phenoxy) is 2. The van der Waals surface area contributed by atoms with Crippen molar-refractivity contribution in [1.82, 2.24) is 4.90 Å². The quantitative estimate of drug-likeness (QED) is 0.785. The van der Waals surface area contributed by atoms with Gasteiger partial charge in [0, 0.05) is 12.5 Å². The van der Waals surface area contributed by atoms with Gasteiger partial charge < -0.3 is 14.4 Å². The van der Waals surface area contributed by atoms with Crippen molar-refractivity contribution in [3.8, 4) is 11.5 Å². The van der Waals surface area contributed by atoms with Crippen molar-refractivity contribution in [3.05, 3.63) is 35.9 Å². The smallest absolute Gasteiger partial charge is 0.226 e. The zero-order valence-electron chi connectivity index (χ0n) is 13.4. The first-order valence-electron chi connectivity index (χ1n) is 8.68. The van der Waals surface area contributed by atoms with E-state index in [0.717, 1.165) is 50.1 Å². The van der Waals surface area contributed by atoms with Gasteiger partial charge in [-0.1, -0.05) is 18.2 Å². The normalized spacial score (nSPS) is 26.3. The van der Waals surface area contributed by atoms with E-state index >= 15 is 0 Å². The van der Waals surface area contributed by atoms with Gasteiger partial charge in [-0.2, -0.15) is 0 Å². The number of rotatable bonds is 2. The first-order chi connectivity index (χ1) is 11.3. The Kier molecular flexibility index (Phi) is 3.98. The molecule has 1 aromatic rings. The highest BCUT2D eigenvalue weighted by Gasteiger charge is 2.34. The summed E-state index contributed by atoms with van der Waals surface area (Å²) >= 11 is 0. The van der Waals surface area contributed by atoms with Crippen LogP contribution in [-0.4, -0.2) is 30.6 Å². The SMILES string of the molecule is O=C([C@@H]1CC=CCC1)N1CCC[C@H]1c1ccc2c(c1)OCCO2. The average molecular weight is 313 g/mol. The lowest BCUT2D eigenvalue weighted by Gasteiger charge is -2.30. The van der Waals surface area contributed by atoms with Crippen LogP contribution in [0.2, 0.25) is 0 Å². The van der Waals surface area contributed by atoms with Crippen LogP contribution in [0.1, 0.15) is 43.7 Å². The van der Waals surface area contributed by atoms with E-state index in [-0.39, 0.29) is 12.0 Å². The Balaban J connectivity index is 1.55. The summed E-state index contributed by atoms with van der Waals surface area (Å²) in [4.78, 5) is 15.0. The van der Waals surface area contributed by atoms with Crippen LogP contribution < -0.4 is 9.47 Å². The molecule has 4 nitrogen and oxygen atoms in total. The number of benzene rings is 1. The molecule has 3 aliphatic rings. The Hall–Kier alpha value is -1.97. The molecule has 1 aliphatic carbocycles. The third-order valence-corrected chi connectivity index (χ3v) is 5.11. The maximum atomic E-state index is 12.9. The van der Waals surface area contributed by atoms with Gasteiger partial charge in [0.25, 0.3) is 0 Å². The van der Waals surface area contributed by atoms with Crippen LogP contribution in [0.3, 0.4) is 0 Å². The highest BCUT2D eigenvalue weighted by molar-refractivity contribution is 5.80. The van der Waals surface area contributed by atoms with Crippen LogP contribution in [0.5, 0.6) is 11.5 Å². The van der Waals surface area contributed by atoms with E-state index in [1.165, 1.54) is 5.56 Å². The highest BCUT2D eigenvalue weighted by atomic mass is 16.6. The first kappa shape index (κ1) is 14.6. The van der Waals surface area contributed by atoms with Gasteiger partial charge in [0.15, 0.2) is 11.5 Å². The molecule has 4 heteroatoms. The molecule has 4 rings (SSSR count). The van der Waals surface area contributed by atoms with Crippen molar-refractivity contribution in [2.45, 2.75) is 38.1 Å². The summed E-state index contributed by atoms with van der Waals surface area (Å²) in [6, 6.07) is 6.31. The summed E-state index contributed by atoms with van der Waals surface area (Å²) in [7, 11) is 0. The molecule has 0 N–H and O–H groups in total. The largest absolute Gasteiger partial charge is 0.486 e. The number of amides is 1. The molecule has 2 heterocycles. The number of carbonyl (C=O) groups excluding carboxylic acids is 1. The second-order valence-corrected chi connectivity index (χ2v) is 6.57. The second-order valence-electron chi connectivity index (χ2n) is 6.57. The van der Waals surface area contributed by atoms with Gasteiger partial charge in [0.1, 0.15) is 13.2 Å². The summed E-state index contributed by atoms with van der Waals surface area (Å²) in [6.07, 6.45) is 9.36. The maximum absolute atomic E-state index is 12.9. The van der Waals surface area contributed by atoms with Crippen molar-refractivity contribution in [1.29, 1.82) is 0 Å². The van der Waals surface area contributed by atoms with Crippen molar-refractivity contribution >= 4 is 5.91 Å². The zero-order valence-corrected chi connectivity index (χ0v) is 13.4. The van der Waals surface area contributed by atoms with Crippen molar-refractivity contribution in [2.75, 3.05) is 19.8 Å². The van der Waals surface area contributed by atoms with Crippen LogP contribution >= 0.6 is 0 Å². The molecule has 0 saturated carbocycles. The van der Waals surface area contributed by atoms with Crippen LogP contribution in [0.25, 0.3) is 0 Å². The van der Waals surface area contributed by atoms with Crippen molar-refractivity contribution in [3.63, 3.8) is 0 Å². The number of allylic oxidation sites excluding steroid dienone is 2. The summed E-state index contributed by atoms with van der Waals surface area (Å²) in [5.41, 5.74) is 1.17. The highest BCUT2D eigenvalue weighted by Crippen LogP contribution is 2.39. The van der Waals surface area contributed by atoms with E-state index in [0.29, 0.717) is 19.1 Å². The Morgan fingerprint density at radius 1 is 1.09 bits per heavy atom. The molecule has 2 atom stereocenters. The molecule has 0 unspecified atom stereocenters. The lowest BCUT2D eigenvalue weighted by Crippen LogP contribution is -2.36. The standard InChI is InChI=1S/C19H23NO3/c21-19(14-5-2-1-3-6-14)20-10-4-7-16(20)15-8-9-17-18(13-15)23-12-11-22-17/h1-2,8-9,13-14,16H,3-7,10-12H2/t14-,16+/m1/s1. The van der Waals surface area contributed by atoms with E-state index in [9.17, 15) is 4.79 Å². The van der Waals surface area contributed by atoms with Gasteiger partial charge in [0.2, 0.25) is 5.91 Å². The molecule has 1 saturated heterocycles. The van der Waals surface area contributed by atoms with Crippen LogP contribution in [0.15, 0.2) is 30.4 Å². The maximum Gasteiger partial charge on any atom is 0.226 e. The van der Waals surface area contributed by atoms with Crippen LogP contribution in [0, 0.1) is 5.92 Å². The molecule has 1 fully saturated rings. The summed E-state index contributed by atoms with van der Waals surface area (Å²) in [6.45, 7) is 2.08. The predicted molar refractivity (Wildman–Crippen MR) is 87.6 cm³/mol. The fourth-order valence-electron chi connectivity index (χ4n) is 3.90. The lowest BCUT2D eigenvalue weighted by molar-refractivity contribution is -0.136.